The summed E-state index contributed by atoms with van der Waals surface area (Å²) in [6, 6.07) is 21.2. The molecule has 1 amide bonds. The molecule has 0 heterocycles. The maximum absolute atomic E-state index is 12.3. The fraction of sp³-hybridized carbons (Fsp3) is 0.185. The Balaban J connectivity index is 1.68. The molecule has 6 heteroatoms. The van der Waals surface area contributed by atoms with E-state index in [9.17, 15) is 9.59 Å². The van der Waals surface area contributed by atoms with Crippen LogP contribution in [0, 0.1) is 11.8 Å². The average Bonchev–Trinajstić information content (AvgIpc) is 2.77. The van der Waals surface area contributed by atoms with Gasteiger partial charge in [-0.3, -0.25) is 4.79 Å². The van der Waals surface area contributed by atoms with Gasteiger partial charge in [-0.15, -0.1) is 0 Å². The Bertz CT molecular complexity index is 1190. The van der Waals surface area contributed by atoms with Crippen molar-refractivity contribution in [2.45, 2.75) is 26.4 Å². The van der Waals surface area contributed by atoms with E-state index in [1.165, 1.54) is 0 Å². The second kappa shape index (κ2) is 10.7. The number of carbonyl (C=O) groups excluding carboxylic acids is 2. The minimum Gasteiger partial charge on any atom is -0.481 e. The van der Waals surface area contributed by atoms with Gasteiger partial charge in [0.2, 0.25) is 0 Å². The van der Waals surface area contributed by atoms with Crippen molar-refractivity contribution >= 4 is 29.2 Å². The number of hydrogen-bond donors (Lipinski definition) is 1. The first-order chi connectivity index (χ1) is 15.7. The van der Waals surface area contributed by atoms with Crippen LogP contribution in [0.2, 0.25) is 5.02 Å². The van der Waals surface area contributed by atoms with Crippen LogP contribution in [0.1, 0.15) is 42.3 Å². The molecule has 0 unspecified atom stereocenters. The van der Waals surface area contributed by atoms with Gasteiger partial charge in [-0.25, -0.2) is 4.79 Å². The molecule has 1 N–H and O–H groups in total. The lowest BCUT2D eigenvalue weighted by Gasteiger charge is -2.19. The molecule has 0 fully saturated rings. The number of anilines is 1. The number of benzene rings is 3. The predicted octanol–water partition coefficient (Wildman–Crippen LogP) is 5.71. The Morgan fingerprint density at radius 2 is 1.64 bits per heavy atom. The lowest BCUT2D eigenvalue weighted by atomic mass is 10.1. The first-order valence-corrected chi connectivity index (χ1v) is 10.7. The number of halogens is 1. The molecule has 0 saturated heterocycles. The molecule has 0 saturated carbocycles. The molecule has 0 aliphatic rings. The Morgan fingerprint density at radius 3 is 2.30 bits per heavy atom. The highest BCUT2D eigenvalue weighted by Crippen LogP contribution is 2.23. The molecule has 0 aliphatic carbocycles. The number of hydrogen-bond acceptors (Lipinski definition) is 4. The zero-order chi connectivity index (χ0) is 23.8. The monoisotopic (exact) mass is 461 g/mol. The summed E-state index contributed by atoms with van der Waals surface area (Å²) in [6.07, 6.45) is 0. The minimum absolute atomic E-state index is 0.180. The van der Waals surface area contributed by atoms with Crippen LogP contribution < -0.4 is 10.1 Å². The first-order valence-electron chi connectivity index (χ1n) is 10.3. The van der Waals surface area contributed by atoms with Crippen molar-refractivity contribution in [2.24, 2.45) is 0 Å². The van der Waals surface area contributed by atoms with Crippen LogP contribution in [0.3, 0.4) is 0 Å². The van der Waals surface area contributed by atoms with Crippen molar-refractivity contribution in [2.75, 3.05) is 11.9 Å². The van der Waals surface area contributed by atoms with E-state index in [-0.39, 0.29) is 12.5 Å². The molecular weight excluding hydrogens is 438 g/mol. The van der Waals surface area contributed by atoms with Crippen molar-refractivity contribution in [1.29, 1.82) is 0 Å². The molecular formula is C27H24ClNO4. The summed E-state index contributed by atoms with van der Waals surface area (Å²) in [6.45, 7) is 5.15. The highest BCUT2D eigenvalue weighted by Gasteiger charge is 2.17. The van der Waals surface area contributed by atoms with Crippen molar-refractivity contribution in [1.82, 2.24) is 0 Å². The van der Waals surface area contributed by atoms with E-state index in [4.69, 9.17) is 21.1 Å². The van der Waals surface area contributed by atoms with Gasteiger partial charge in [0, 0.05) is 21.8 Å². The van der Waals surface area contributed by atoms with Gasteiger partial charge in [0.25, 0.3) is 5.91 Å². The van der Waals surface area contributed by atoms with Gasteiger partial charge in [0.05, 0.1) is 5.56 Å². The van der Waals surface area contributed by atoms with E-state index in [0.717, 1.165) is 5.56 Å². The lowest BCUT2D eigenvalue weighted by molar-refractivity contribution is -0.157. The largest absolute Gasteiger partial charge is 0.481 e. The third kappa shape index (κ3) is 7.71. The molecule has 0 atom stereocenters. The van der Waals surface area contributed by atoms with Crippen LogP contribution in [0.25, 0.3) is 0 Å². The number of esters is 1. The maximum atomic E-state index is 12.3. The van der Waals surface area contributed by atoms with Crippen molar-refractivity contribution in [3.05, 3.63) is 94.5 Å². The second-order valence-electron chi connectivity index (χ2n) is 8.16. The van der Waals surface area contributed by atoms with Crippen LogP contribution in [0.5, 0.6) is 5.75 Å². The van der Waals surface area contributed by atoms with E-state index in [0.29, 0.717) is 27.6 Å². The highest BCUT2D eigenvalue weighted by molar-refractivity contribution is 6.30. The molecule has 0 radical (unpaired) electrons. The Morgan fingerprint density at radius 1 is 0.939 bits per heavy atom. The molecule has 3 rings (SSSR count). The van der Waals surface area contributed by atoms with E-state index in [1.807, 2.05) is 18.2 Å². The molecule has 3 aromatic carbocycles. The fourth-order valence-corrected chi connectivity index (χ4v) is 2.97. The molecule has 0 spiro atoms. The fourth-order valence-electron chi connectivity index (χ4n) is 2.80. The van der Waals surface area contributed by atoms with Crippen molar-refractivity contribution in [3.8, 4) is 17.6 Å². The number of ether oxygens (including phenoxy) is 2. The number of rotatable bonds is 5. The van der Waals surface area contributed by atoms with Gasteiger partial charge in [-0.05, 0) is 75.4 Å². The molecule has 0 bridgehead atoms. The van der Waals surface area contributed by atoms with Gasteiger partial charge >= 0.3 is 5.97 Å². The number of amides is 1. The standard InChI is InChI=1S/C27H24ClNO4/c1-27(2,3)33-25(30)18-32-24-16-13-22(28)17-21(24)12-9-19-10-14-23(15-11-19)29-26(31)20-7-5-4-6-8-20/h4-8,10-11,13-17H,18H2,1-3H3,(H,29,31). The topological polar surface area (TPSA) is 64.6 Å². The van der Waals surface area contributed by atoms with Crippen molar-refractivity contribution < 1.29 is 19.1 Å². The number of nitrogens with one attached hydrogen (secondary N) is 1. The van der Waals surface area contributed by atoms with Crippen LogP contribution in [-0.4, -0.2) is 24.1 Å². The molecule has 0 aromatic heterocycles. The summed E-state index contributed by atoms with van der Waals surface area (Å²) in [5, 5.41) is 3.35. The average molecular weight is 462 g/mol. The maximum Gasteiger partial charge on any atom is 0.344 e. The Labute approximate surface area is 198 Å². The minimum atomic E-state index is -0.587. The Hall–Kier alpha value is -3.75. The predicted molar refractivity (Wildman–Crippen MR) is 130 cm³/mol. The summed E-state index contributed by atoms with van der Waals surface area (Å²) in [4.78, 5) is 24.2. The summed E-state index contributed by atoms with van der Waals surface area (Å²) >= 11 is 6.11. The van der Waals surface area contributed by atoms with E-state index >= 15 is 0 Å². The van der Waals surface area contributed by atoms with Crippen LogP contribution in [0.4, 0.5) is 5.69 Å². The van der Waals surface area contributed by atoms with Crippen LogP contribution >= 0.6 is 11.6 Å². The quantitative estimate of drug-likeness (QED) is 0.390. The third-order valence-corrected chi connectivity index (χ3v) is 4.46. The zero-order valence-corrected chi connectivity index (χ0v) is 19.4. The van der Waals surface area contributed by atoms with Gasteiger partial charge in [-0.2, -0.15) is 0 Å². The lowest BCUT2D eigenvalue weighted by Crippen LogP contribution is -2.27. The van der Waals surface area contributed by atoms with Gasteiger partial charge < -0.3 is 14.8 Å². The Kier molecular flexibility index (Phi) is 7.76. The molecule has 168 valence electrons. The summed E-state index contributed by atoms with van der Waals surface area (Å²) in [7, 11) is 0. The van der Waals surface area contributed by atoms with Gasteiger partial charge in [-0.1, -0.05) is 41.6 Å². The second-order valence-corrected chi connectivity index (χ2v) is 8.60. The number of carbonyl (C=O) groups is 2. The molecule has 5 nitrogen and oxygen atoms in total. The third-order valence-electron chi connectivity index (χ3n) is 4.23. The van der Waals surface area contributed by atoms with Gasteiger partial charge in [0.1, 0.15) is 11.4 Å². The molecule has 33 heavy (non-hydrogen) atoms. The highest BCUT2D eigenvalue weighted by atomic mass is 35.5. The summed E-state index contributed by atoms with van der Waals surface area (Å²) in [5.41, 5.74) is 1.95. The molecule has 3 aromatic rings. The van der Waals surface area contributed by atoms with E-state index in [1.54, 1.807) is 75.4 Å². The first kappa shape index (κ1) is 23.9. The van der Waals surface area contributed by atoms with Gasteiger partial charge in [0.15, 0.2) is 6.61 Å². The van der Waals surface area contributed by atoms with E-state index in [2.05, 4.69) is 17.2 Å². The van der Waals surface area contributed by atoms with E-state index < -0.39 is 11.6 Å². The SMILES string of the molecule is CC(C)(C)OC(=O)COc1ccc(Cl)cc1C#Cc1ccc(NC(=O)c2ccccc2)cc1. The van der Waals surface area contributed by atoms with Crippen LogP contribution in [0.15, 0.2) is 72.8 Å². The van der Waals surface area contributed by atoms with Crippen molar-refractivity contribution in [3.63, 3.8) is 0 Å². The zero-order valence-electron chi connectivity index (χ0n) is 18.6. The molecule has 0 aliphatic heterocycles. The van der Waals surface area contributed by atoms with Crippen LogP contribution in [-0.2, 0) is 9.53 Å². The smallest absolute Gasteiger partial charge is 0.344 e. The summed E-state index contributed by atoms with van der Waals surface area (Å²) in [5.74, 6) is 5.86. The summed E-state index contributed by atoms with van der Waals surface area (Å²) < 4.78 is 10.9. The normalized spacial score (nSPS) is 10.5.